The van der Waals surface area contributed by atoms with Crippen LogP contribution in [0, 0.1) is 11.3 Å². The molecule has 4 heteroatoms. The number of nitrogens with one attached hydrogen (secondary N) is 1. The van der Waals surface area contributed by atoms with Crippen LogP contribution in [0.4, 0.5) is 0 Å². The van der Waals surface area contributed by atoms with Crippen LogP contribution in [0.25, 0.3) is 0 Å². The Morgan fingerprint density at radius 1 is 1.67 bits per heavy atom. The Morgan fingerprint density at radius 2 is 2.42 bits per heavy atom. The van der Waals surface area contributed by atoms with Crippen molar-refractivity contribution in [2.75, 3.05) is 14.1 Å². The van der Waals surface area contributed by atoms with Crippen LogP contribution in [0.15, 0.2) is 11.4 Å². The maximum absolute atomic E-state index is 8.55. The highest BCUT2D eigenvalue weighted by atomic mass is 32.1. The van der Waals surface area contributed by atoms with Gasteiger partial charge in [0.2, 0.25) is 0 Å². The van der Waals surface area contributed by atoms with Crippen LogP contribution >= 0.6 is 11.3 Å². The summed E-state index contributed by atoms with van der Waals surface area (Å²) in [7, 11) is 3.89. The number of rotatable bonds is 3. The van der Waals surface area contributed by atoms with Gasteiger partial charge in [-0.3, -0.25) is 10.4 Å². The summed E-state index contributed by atoms with van der Waals surface area (Å²) in [6.07, 6.45) is 0. The number of nitriles is 1. The average Bonchev–Trinajstić information content (AvgIpc) is 2.48. The summed E-state index contributed by atoms with van der Waals surface area (Å²) in [4.78, 5) is 1.18. The molecule has 0 saturated carbocycles. The fourth-order valence-electron chi connectivity index (χ4n) is 0.768. The summed E-state index contributed by atoms with van der Waals surface area (Å²) < 4.78 is 0. The van der Waals surface area contributed by atoms with Gasteiger partial charge in [-0.15, -0.1) is 11.3 Å². The lowest BCUT2D eigenvalue weighted by molar-refractivity contribution is 0.287. The van der Waals surface area contributed by atoms with E-state index >= 15 is 0 Å². The first-order chi connectivity index (χ1) is 5.72. The zero-order valence-electron chi connectivity index (χ0n) is 7.16. The topological polar surface area (TPSA) is 39.1 Å². The van der Waals surface area contributed by atoms with E-state index in [-0.39, 0.29) is 0 Å². The number of thiophene rings is 1. The molecule has 0 radical (unpaired) electrons. The molecule has 0 atom stereocenters. The maximum Gasteiger partial charge on any atom is 0.100 e. The van der Waals surface area contributed by atoms with E-state index in [1.165, 1.54) is 4.88 Å². The van der Waals surface area contributed by atoms with Crippen molar-refractivity contribution in [2.45, 2.75) is 6.54 Å². The molecule has 3 nitrogen and oxygen atoms in total. The van der Waals surface area contributed by atoms with Crippen molar-refractivity contribution in [1.82, 2.24) is 10.4 Å². The summed E-state index contributed by atoms with van der Waals surface area (Å²) in [6.45, 7) is 0.791. The molecule has 1 aromatic heterocycles. The molecule has 0 amide bonds. The van der Waals surface area contributed by atoms with Gasteiger partial charge in [-0.05, 0) is 6.07 Å². The molecule has 0 bridgehead atoms. The van der Waals surface area contributed by atoms with Gasteiger partial charge in [-0.1, -0.05) is 0 Å². The van der Waals surface area contributed by atoms with Crippen LogP contribution in [0.3, 0.4) is 0 Å². The zero-order valence-corrected chi connectivity index (χ0v) is 7.98. The largest absolute Gasteiger partial charge is 0.250 e. The number of hydrazine groups is 1. The second-order valence-electron chi connectivity index (χ2n) is 2.64. The first kappa shape index (κ1) is 9.20. The third-order valence-corrected chi connectivity index (χ3v) is 2.29. The number of hydrogen-bond donors (Lipinski definition) is 1. The van der Waals surface area contributed by atoms with Gasteiger partial charge in [0.15, 0.2) is 0 Å². The molecule has 1 rings (SSSR count). The van der Waals surface area contributed by atoms with Gasteiger partial charge in [0.25, 0.3) is 0 Å². The molecular formula is C8H11N3S. The van der Waals surface area contributed by atoms with Gasteiger partial charge in [0.1, 0.15) is 6.07 Å². The van der Waals surface area contributed by atoms with E-state index in [4.69, 9.17) is 5.26 Å². The Hall–Kier alpha value is -0.890. The monoisotopic (exact) mass is 181 g/mol. The summed E-state index contributed by atoms with van der Waals surface area (Å²) in [6, 6.07) is 4.01. The summed E-state index contributed by atoms with van der Waals surface area (Å²) >= 11 is 1.60. The summed E-state index contributed by atoms with van der Waals surface area (Å²) in [5, 5.41) is 12.3. The second-order valence-corrected chi connectivity index (χ2v) is 3.64. The molecule has 0 unspecified atom stereocenters. The Kier molecular flexibility index (Phi) is 3.23. The van der Waals surface area contributed by atoms with E-state index < -0.39 is 0 Å². The van der Waals surface area contributed by atoms with Crippen LogP contribution in [-0.2, 0) is 6.54 Å². The zero-order chi connectivity index (χ0) is 8.97. The molecule has 0 aliphatic carbocycles. The SMILES string of the molecule is CN(C)NCc1cc(C#N)cs1. The molecule has 0 fully saturated rings. The van der Waals surface area contributed by atoms with Crippen LogP contribution in [0.1, 0.15) is 10.4 Å². The number of nitrogens with zero attached hydrogens (tertiary/aromatic N) is 2. The van der Waals surface area contributed by atoms with Crippen molar-refractivity contribution < 1.29 is 0 Å². The molecule has 0 aliphatic rings. The Labute approximate surface area is 76.2 Å². The highest BCUT2D eigenvalue weighted by Crippen LogP contribution is 2.12. The molecule has 0 aliphatic heterocycles. The fraction of sp³-hybridized carbons (Fsp3) is 0.375. The van der Waals surface area contributed by atoms with Crippen LogP contribution in [-0.4, -0.2) is 19.1 Å². The predicted octanol–water partition coefficient (Wildman–Crippen LogP) is 1.19. The van der Waals surface area contributed by atoms with E-state index in [9.17, 15) is 0 Å². The molecule has 0 aromatic carbocycles. The van der Waals surface area contributed by atoms with Crippen molar-refractivity contribution in [2.24, 2.45) is 0 Å². The normalized spacial score (nSPS) is 10.2. The molecule has 1 N–H and O–H groups in total. The first-order valence-electron chi connectivity index (χ1n) is 3.60. The second kappa shape index (κ2) is 4.21. The molecule has 1 heterocycles. The number of hydrogen-bond acceptors (Lipinski definition) is 4. The highest BCUT2D eigenvalue weighted by molar-refractivity contribution is 7.10. The van der Waals surface area contributed by atoms with Crippen molar-refractivity contribution in [1.29, 1.82) is 5.26 Å². The average molecular weight is 181 g/mol. The smallest absolute Gasteiger partial charge is 0.100 e. The first-order valence-corrected chi connectivity index (χ1v) is 4.48. The van der Waals surface area contributed by atoms with Gasteiger partial charge in [0, 0.05) is 30.9 Å². The third-order valence-electron chi connectivity index (χ3n) is 1.35. The maximum atomic E-state index is 8.55. The lowest BCUT2D eigenvalue weighted by Gasteiger charge is -2.09. The third kappa shape index (κ3) is 2.62. The van der Waals surface area contributed by atoms with Crippen molar-refractivity contribution in [3.63, 3.8) is 0 Å². The minimum atomic E-state index is 0.746. The predicted molar refractivity (Wildman–Crippen MR) is 49.6 cm³/mol. The molecule has 0 saturated heterocycles. The molecule has 12 heavy (non-hydrogen) atoms. The van der Waals surface area contributed by atoms with Crippen LogP contribution in [0.5, 0.6) is 0 Å². The van der Waals surface area contributed by atoms with Crippen LogP contribution in [0.2, 0.25) is 0 Å². The van der Waals surface area contributed by atoms with Gasteiger partial charge in [-0.25, -0.2) is 0 Å². The quantitative estimate of drug-likeness (QED) is 0.712. The molecule has 64 valence electrons. The van der Waals surface area contributed by atoms with E-state index in [1.54, 1.807) is 11.3 Å². The highest BCUT2D eigenvalue weighted by Gasteiger charge is 1.98. The van der Waals surface area contributed by atoms with E-state index in [0.29, 0.717) is 0 Å². The molecule has 0 spiro atoms. The fourth-order valence-corrected chi connectivity index (χ4v) is 1.51. The standard InChI is InChI=1S/C8H11N3S/c1-11(2)10-5-8-3-7(4-9)6-12-8/h3,6,10H,5H2,1-2H3. The summed E-state index contributed by atoms with van der Waals surface area (Å²) in [5.41, 5.74) is 3.88. The van der Waals surface area contributed by atoms with Crippen molar-refractivity contribution >= 4 is 11.3 Å². The Morgan fingerprint density at radius 3 is 2.92 bits per heavy atom. The van der Waals surface area contributed by atoms with Crippen molar-refractivity contribution in [3.8, 4) is 6.07 Å². The Bertz CT molecular complexity index is 285. The van der Waals surface area contributed by atoms with Gasteiger partial charge in [-0.2, -0.15) is 5.26 Å². The lowest BCUT2D eigenvalue weighted by atomic mass is 10.3. The molecule has 1 aromatic rings. The van der Waals surface area contributed by atoms with E-state index in [0.717, 1.165) is 12.1 Å². The van der Waals surface area contributed by atoms with Crippen molar-refractivity contribution in [3.05, 3.63) is 21.9 Å². The van der Waals surface area contributed by atoms with Gasteiger partial charge >= 0.3 is 0 Å². The minimum Gasteiger partial charge on any atom is -0.250 e. The van der Waals surface area contributed by atoms with Gasteiger partial charge < -0.3 is 0 Å². The Balaban J connectivity index is 2.48. The van der Waals surface area contributed by atoms with Gasteiger partial charge in [0.05, 0.1) is 5.56 Å². The van der Waals surface area contributed by atoms with E-state index in [2.05, 4.69) is 11.5 Å². The summed E-state index contributed by atoms with van der Waals surface area (Å²) in [5.74, 6) is 0. The minimum absolute atomic E-state index is 0.746. The lowest BCUT2D eigenvalue weighted by Crippen LogP contribution is -2.29. The van der Waals surface area contributed by atoms with Crippen LogP contribution < -0.4 is 5.43 Å². The van der Waals surface area contributed by atoms with E-state index in [1.807, 2.05) is 30.6 Å². The molecular weight excluding hydrogens is 170 g/mol.